The van der Waals surface area contributed by atoms with Crippen molar-refractivity contribution in [2.45, 2.75) is 24.8 Å². The predicted molar refractivity (Wildman–Crippen MR) is 134 cm³/mol. The number of benzene rings is 2. The molecule has 6 rings (SSSR count). The molecule has 1 N–H and O–H groups in total. The topological polar surface area (TPSA) is 81.4 Å². The summed E-state index contributed by atoms with van der Waals surface area (Å²) in [5, 5.41) is 4.36. The van der Waals surface area contributed by atoms with E-state index in [0.29, 0.717) is 17.3 Å². The van der Waals surface area contributed by atoms with E-state index in [4.69, 9.17) is 11.6 Å². The maximum absolute atomic E-state index is 11.4. The van der Waals surface area contributed by atoms with Gasteiger partial charge in [0, 0.05) is 46.5 Å². The molecule has 8 heteroatoms. The lowest BCUT2D eigenvalue weighted by Crippen LogP contribution is -2.22. The van der Waals surface area contributed by atoms with Gasteiger partial charge < -0.3 is 10.1 Å². The number of fused-ring (bicyclic) bond motifs is 2. The Hall–Kier alpha value is -3.97. The van der Waals surface area contributed by atoms with E-state index < -0.39 is 6.09 Å². The number of halogens is 1. The smallest absolute Gasteiger partial charge is 0.407 e. The lowest BCUT2D eigenvalue weighted by Gasteiger charge is -2.17. The highest BCUT2D eigenvalue weighted by molar-refractivity contribution is 6.31. The zero-order valence-corrected chi connectivity index (χ0v) is 19.8. The van der Waals surface area contributed by atoms with Crippen LogP contribution < -0.4 is 5.32 Å². The highest BCUT2D eigenvalue weighted by Crippen LogP contribution is 2.53. The van der Waals surface area contributed by atoms with Crippen LogP contribution in [0.25, 0.3) is 27.8 Å². The highest BCUT2D eigenvalue weighted by Gasteiger charge is 2.48. The van der Waals surface area contributed by atoms with Crippen LogP contribution in [0.2, 0.25) is 5.02 Å². The van der Waals surface area contributed by atoms with Crippen molar-refractivity contribution >= 4 is 34.4 Å². The van der Waals surface area contributed by atoms with Gasteiger partial charge in [0.25, 0.3) is 0 Å². The first-order valence-electron chi connectivity index (χ1n) is 11.4. The van der Waals surface area contributed by atoms with Crippen LogP contribution in [-0.4, -0.2) is 32.6 Å². The highest BCUT2D eigenvalue weighted by atomic mass is 35.5. The number of pyridine rings is 1. The second-order valence-corrected chi connectivity index (χ2v) is 9.21. The molecule has 35 heavy (non-hydrogen) atoms. The number of amides is 1. The SMILES string of the molecule is COC(=O)NCc1ccc(-c2cnc3ncc(C4(c5ccc6ncccc6c5)CC4)n3c2)cc1Cl. The Morgan fingerprint density at radius 2 is 1.94 bits per heavy atom. The number of aromatic nitrogens is 4. The first-order valence-corrected chi connectivity index (χ1v) is 11.7. The van der Waals surface area contributed by atoms with E-state index >= 15 is 0 Å². The Balaban J connectivity index is 1.36. The number of hydrogen-bond donors (Lipinski definition) is 1. The number of rotatable bonds is 5. The first-order chi connectivity index (χ1) is 17.1. The van der Waals surface area contributed by atoms with Gasteiger partial charge in [-0.1, -0.05) is 35.9 Å². The number of hydrogen-bond acceptors (Lipinski definition) is 5. The Labute approximate surface area is 206 Å². The van der Waals surface area contributed by atoms with E-state index in [0.717, 1.165) is 46.1 Å². The van der Waals surface area contributed by atoms with Gasteiger partial charge in [0.05, 0.1) is 24.5 Å². The molecule has 0 radical (unpaired) electrons. The number of nitrogens with zero attached hydrogens (tertiary/aromatic N) is 4. The third kappa shape index (κ3) is 3.78. The molecule has 1 saturated carbocycles. The van der Waals surface area contributed by atoms with Crippen molar-refractivity contribution in [3.8, 4) is 11.1 Å². The number of alkyl carbamates (subject to hydrolysis) is 1. The third-order valence-corrected chi connectivity index (χ3v) is 7.11. The first kappa shape index (κ1) is 21.6. The fraction of sp³-hybridized carbons (Fsp3) is 0.185. The molecule has 0 aliphatic heterocycles. The molecule has 7 nitrogen and oxygen atoms in total. The molecule has 1 fully saturated rings. The Kier molecular flexibility index (Phi) is 5.15. The Bertz CT molecular complexity index is 1590. The molecule has 2 aromatic carbocycles. The zero-order valence-electron chi connectivity index (χ0n) is 19.0. The quantitative estimate of drug-likeness (QED) is 0.355. The number of imidazole rings is 1. The van der Waals surface area contributed by atoms with Crippen LogP contribution in [0.1, 0.15) is 29.7 Å². The molecule has 0 atom stereocenters. The second kappa shape index (κ2) is 8.36. The van der Waals surface area contributed by atoms with Crippen molar-refractivity contribution in [2.75, 3.05) is 7.11 Å². The van der Waals surface area contributed by atoms with Gasteiger partial charge in [0.15, 0.2) is 0 Å². The fourth-order valence-corrected chi connectivity index (χ4v) is 4.92. The number of nitrogens with one attached hydrogen (secondary N) is 1. The Morgan fingerprint density at radius 3 is 2.74 bits per heavy atom. The van der Waals surface area contributed by atoms with Crippen LogP contribution in [0.4, 0.5) is 4.79 Å². The summed E-state index contributed by atoms with van der Waals surface area (Å²) in [5.74, 6) is 0.669. The minimum atomic E-state index is -0.496. The van der Waals surface area contributed by atoms with Gasteiger partial charge in [-0.25, -0.2) is 14.8 Å². The average molecular weight is 484 g/mol. The molecule has 3 aromatic heterocycles. The molecular formula is C27H22ClN5O2. The summed E-state index contributed by atoms with van der Waals surface area (Å²) in [7, 11) is 1.33. The van der Waals surface area contributed by atoms with Gasteiger partial charge in [-0.3, -0.25) is 9.38 Å². The van der Waals surface area contributed by atoms with E-state index in [2.05, 4.69) is 59.9 Å². The molecule has 1 aliphatic rings. The summed E-state index contributed by atoms with van der Waals surface area (Å²) < 4.78 is 6.72. The monoisotopic (exact) mass is 483 g/mol. The van der Waals surface area contributed by atoms with Gasteiger partial charge in [0.2, 0.25) is 5.78 Å². The van der Waals surface area contributed by atoms with Crippen LogP contribution in [0, 0.1) is 0 Å². The number of carbonyl (C=O) groups excluding carboxylic acids is 1. The second-order valence-electron chi connectivity index (χ2n) is 8.80. The van der Waals surface area contributed by atoms with E-state index in [1.54, 1.807) is 0 Å². The van der Waals surface area contributed by atoms with Crippen LogP contribution in [0.15, 0.2) is 73.3 Å². The summed E-state index contributed by atoms with van der Waals surface area (Å²) in [6, 6.07) is 16.4. The molecule has 1 aliphatic carbocycles. The summed E-state index contributed by atoms with van der Waals surface area (Å²) in [5.41, 5.74) is 6.00. The minimum Gasteiger partial charge on any atom is -0.453 e. The van der Waals surface area contributed by atoms with Crippen LogP contribution in [0.5, 0.6) is 0 Å². The van der Waals surface area contributed by atoms with Crippen molar-refractivity contribution in [1.82, 2.24) is 24.7 Å². The van der Waals surface area contributed by atoms with Gasteiger partial charge in [-0.15, -0.1) is 0 Å². The molecule has 0 unspecified atom stereocenters. The van der Waals surface area contributed by atoms with Gasteiger partial charge in [-0.2, -0.15) is 0 Å². The van der Waals surface area contributed by atoms with E-state index in [1.165, 1.54) is 12.7 Å². The summed E-state index contributed by atoms with van der Waals surface area (Å²) in [6.07, 6.45) is 9.28. The van der Waals surface area contributed by atoms with Crippen molar-refractivity contribution in [2.24, 2.45) is 0 Å². The molecule has 5 aromatic rings. The third-order valence-electron chi connectivity index (χ3n) is 6.76. The predicted octanol–water partition coefficient (Wildman–Crippen LogP) is 5.53. The lowest BCUT2D eigenvalue weighted by molar-refractivity contribution is 0.170. The van der Waals surface area contributed by atoms with Crippen molar-refractivity contribution < 1.29 is 9.53 Å². The van der Waals surface area contributed by atoms with Crippen LogP contribution >= 0.6 is 11.6 Å². The maximum atomic E-state index is 11.4. The van der Waals surface area contributed by atoms with Gasteiger partial charge in [0.1, 0.15) is 0 Å². The molecule has 0 bridgehead atoms. The normalized spacial score (nSPS) is 14.2. The number of carbonyl (C=O) groups is 1. The molecule has 174 valence electrons. The molecule has 3 heterocycles. The number of methoxy groups -OCH3 is 1. The summed E-state index contributed by atoms with van der Waals surface area (Å²) in [6.45, 7) is 0.290. The van der Waals surface area contributed by atoms with Crippen LogP contribution in [0.3, 0.4) is 0 Å². The van der Waals surface area contributed by atoms with Crippen molar-refractivity contribution in [1.29, 1.82) is 0 Å². The van der Waals surface area contributed by atoms with E-state index in [-0.39, 0.29) is 5.41 Å². The zero-order chi connectivity index (χ0) is 24.0. The summed E-state index contributed by atoms with van der Waals surface area (Å²) >= 11 is 6.51. The molecule has 0 spiro atoms. The maximum Gasteiger partial charge on any atom is 0.407 e. The van der Waals surface area contributed by atoms with Crippen molar-refractivity contribution in [3.05, 3.63) is 95.2 Å². The average Bonchev–Trinajstić information content (AvgIpc) is 3.59. The van der Waals surface area contributed by atoms with Gasteiger partial charge in [-0.05, 0) is 53.8 Å². The molecule has 1 amide bonds. The van der Waals surface area contributed by atoms with Gasteiger partial charge >= 0.3 is 6.09 Å². The fourth-order valence-electron chi connectivity index (χ4n) is 4.68. The Morgan fingerprint density at radius 1 is 1.09 bits per heavy atom. The van der Waals surface area contributed by atoms with Crippen LogP contribution in [-0.2, 0) is 16.7 Å². The molecular weight excluding hydrogens is 462 g/mol. The largest absolute Gasteiger partial charge is 0.453 e. The van der Waals surface area contributed by atoms with E-state index in [9.17, 15) is 4.79 Å². The van der Waals surface area contributed by atoms with E-state index in [1.807, 2.05) is 42.9 Å². The number of ether oxygens (including phenoxy) is 1. The lowest BCUT2D eigenvalue weighted by atomic mass is 9.91. The van der Waals surface area contributed by atoms with Crippen molar-refractivity contribution in [3.63, 3.8) is 0 Å². The standard InChI is InChI=1S/C27H22ClN5O2/c1-35-26(34)32-13-19-5-4-17(12-22(19)28)20-14-30-25-31-15-24(33(25)16-20)27(8-9-27)21-6-7-23-18(11-21)3-2-10-29-23/h2-7,10-12,14-16H,8-9,13H2,1H3,(H,32,34). The molecule has 0 saturated heterocycles. The summed E-state index contributed by atoms with van der Waals surface area (Å²) in [4.78, 5) is 25.0. The minimum absolute atomic E-state index is 0.0786.